The molecule has 1 aromatic heterocycles. The van der Waals surface area contributed by atoms with Gasteiger partial charge in [0.1, 0.15) is 5.58 Å². The van der Waals surface area contributed by atoms with Gasteiger partial charge in [0.05, 0.1) is 19.3 Å². The Bertz CT molecular complexity index is 586. The summed E-state index contributed by atoms with van der Waals surface area (Å²) >= 11 is 0. The number of carbonyl (C=O) groups excluding carboxylic acids is 1. The molecule has 0 aliphatic carbocycles. The lowest BCUT2D eigenvalue weighted by molar-refractivity contribution is -0.0461. The standard InChI is InChI=1S/C16H19NO3/c1-11-10-19-12(2)8-17(11)9-14(18)16-7-13-5-3-4-6-15(13)20-16/h3-7,11-12H,8-10H2,1-2H3. The molecule has 0 bridgehead atoms. The van der Waals surface area contributed by atoms with E-state index in [-0.39, 0.29) is 17.9 Å². The lowest BCUT2D eigenvalue weighted by Crippen LogP contribution is -2.49. The fraction of sp³-hybridized carbons (Fsp3) is 0.438. The smallest absolute Gasteiger partial charge is 0.211 e. The Labute approximate surface area is 118 Å². The van der Waals surface area contributed by atoms with Gasteiger partial charge in [-0.25, -0.2) is 0 Å². The van der Waals surface area contributed by atoms with Crippen LogP contribution >= 0.6 is 0 Å². The summed E-state index contributed by atoms with van der Waals surface area (Å²) in [5.74, 6) is 0.472. The number of Topliss-reactive ketones (excluding diaryl/α,β-unsaturated/α-hetero) is 1. The second-order valence-electron chi connectivity index (χ2n) is 5.49. The molecule has 1 fully saturated rings. The fourth-order valence-electron chi connectivity index (χ4n) is 2.57. The number of carbonyl (C=O) groups is 1. The van der Waals surface area contributed by atoms with E-state index in [0.29, 0.717) is 18.9 Å². The Morgan fingerprint density at radius 2 is 2.15 bits per heavy atom. The quantitative estimate of drug-likeness (QED) is 0.806. The number of ketones is 1. The highest BCUT2D eigenvalue weighted by Crippen LogP contribution is 2.20. The van der Waals surface area contributed by atoms with E-state index in [4.69, 9.17) is 9.15 Å². The summed E-state index contributed by atoms with van der Waals surface area (Å²) in [6, 6.07) is 9.77. The van der Waals surface area contributed by atoms with Crippen LogP contribution in [0.1, 0.15) is 24.4 Å². The van der Waals surface area contributed by atoms with Gasteiger partial charge in [-0.1, -0.05) is 18.2 Å². The van der Waals surface area contributed by atoms with Gasteiger partial charge < -0.3 is 9.15 Å². The lowest BCUT2D eigenvalue weighted by Gasteiger charge is -2.36. The maximum Gasteiger partial charge on any atom is 0.211 e. The SMILES string of the molecule is CC1CN(CC(=O)c2cc3ccccc3o2)C(C)CO1. The molecule has 2 atom stereocenters. The Hall–Kier alpha value is -1.65. The largest absolute Gasteiger partial charge is 0.453 e. The van der Waals surface area contributed by atoms with Gasteiger partial charge in [0, 0.05) is 18.0 Å². The molecule has 0 N–H and O–H groups in total. The van der Waals surface area contributed by atoms with Gasteiger partial charge in [0.15, 0.2) is 5.76 Å². The van der Waals surface area contributed by atoms with Crippen LogP contribution in [0.25, 0.3) is 11.0 Å². The van der Waals surface area contributed by atoms with Crippen molar-refractivity contribution >= 4 is 16.8 Å². The first-order chi connectivity index (χ1) is 9.63. The van der Waals surface area contributed by atoms with Crippen molar-refractivity contribution in [1.29, 1.82) is 0 Å². The van der Waals surface area contributed by atoms with Crippen molar-refractivity contribution in [3.8, 4) is 0 Å². The molecule has 0 saturated carbocycles. The van der Waals surface area contributed by atoms with Gasteiger partial charge in [-0.3, -0.25) is 9.69 Å². The molecule has 0 spiro atoms. The van der Waals surface area contributed by atoms with Crippen LogP contribution in [-0.2, 0) is 4.74 Å². The molecule has 3 rings (SSSR count). The number of hydrogen-bond acceptors (Lipinski definition) is 4. The zero-order valence-electron chi connectivity index (χ0n) is 11.8. The number of para-hydroxylation sites is 1. The normalized spacial score (nSPS) is 24.1. The molecular formula is C16H19NO3. The summed E-state index contributed by atoms with van der Waals surface area (Å²) in [5, 5.41) is 0.972. The van der Waals surface area contributed by atoms with Gasteiger partial charge >= 0.3 is 0 Å². The second-order valence-corrected chi connectivity index (χ2v) is 5.49. The monoisotopic (exact) mass is 273 g/mol. The topological polar surface area (TPSA) is 42.7 Å². The van der Waals surface area contributed by atoms with E-state index < -0.39 is 0 Å². The fourth-order valence-corrected chi connectivity index (χ4v) is 2.57. The zero-order chi connectivity index (χ0) is 14.1. The number of ether oxygens (including phenoxy) is 1. The average molecular weight is 273 g/mol. The summed E-state index contributed by atoms with van der Waals surface area (Å²) in [7, 11) is 0. The van der Waals surface area contributed by atoms with Gasteiger partial charge in [-0.05, 0) is 26.0 Å². The molecule has 0 radical (unpaired) electrons. The third-order valence-electron chi connectivity index (χ3n) is 3.78. The number of rotatable bonds is 3. The van der Waals surface area contributed by atoms with Crippen molar-refractivity contribution in [1.82, 2.24) is 4.90 Å². The van der Waals surface area contributed by atoms with Crippen LogP contribution in [0.3, 0.4) is 0 Å². The van der Waals surface area contributed by atoms with Crippen LogP contribution in [0.2, 0.25) is 0 Å². The highest BCUT2D eigenvalue weighted by atomic mass is 16.5. The summed E-state index contributed by atoms with van der Waals surface area (Å²) in [6.07, 6.45) is 0.176. The average Bonchev–Trinajstić information content (AvgIpc) is 2.87. The maximum absolute atomic E-state index is 12.4. The van der Waals surface area contributed by atoms with E-state index in [1.165, 1.54) is 0 Å². The van der Waals surface area contributed by atoms with Crippen LogP contribution in [-0.4, -0.2) is 42.5 Å². The van der Waals surface area contributed by atoms with Crippen LogP contribution in [0.4, 0.5) is 0 Å². The Morgan fingerprint density at radius 3 is 2.95 bits per heavy atom. The molecule has 4 heteroatoms. The first-order valence-corrected chi connectivity index (χ1v) is 7.01. The first kappa shape index (κ1) is 13.3. The number of fused-ring (bicyclic) bond motifs is 1. The molecule has 2 heterocycles. The Kier molecular flexibility index (Phi) is 3.59. The predicted molar refractivity (Wildman–Crippen MR) is 77.0 cm³/mol. The zero-order valence-corrected chi connectivity index (χ0v) is 11.8. The van der Waals surface area contributed by atoms with Crippen LogP contribution in [0.15, 0.2) is 34.7 Å². The highest BCUT2D eigenvalue weighted by Gasteiger charge is 2.26. The van der Waals surface area contributed by atoms with E-state index in [1.54, 1.807) is 0 Å². The number of nitrogens with zero attached hydrogens (tertiary/aromatic N) is 1. The van der Waals surface area contributed by atoms with Crippen LogP contribution in [0.5, 0.6) is 0 Å². The minimum Gasteiger partial charge on any atom is -0.453 e. The number of furan rings is 1. The van der Waals surface area contributed by atoms with E-state index in [2.05, 4.69) is 11.8 Å². The maximum atomic E-state index is 12.4. The number of hydrogen-bond donors (Lipinski definition) is 0. The van der Waals surface area contributed by atoms with Crippen LogP contribution < -0.4 is 0 Å². The predicted octanol–water partition coefficient (Wildman–Crippen LogP) is 2.72. The van der Waals surface area contributed by atoms with Crippen molar-refractivity contribution in [2.24, 2.45) is 0 Å². The third-order valence-corrected chi connectivity index (χ3v) is 3.78. The van der Waals surface area contributed by atoms with Gasteiger partial charge in [-0.15, -0.1) is 0 Å². The molecular weight excluding hydrogens is 254 g/mol. The second kappa shape index (κ2) is 5.38. The molecule has 0 amide bonds. The van der Waals surface area contributed by atoms with E-state index in [1.807, 2.05) is 37.3 Å². The molecule has 1 aromatic carbocycles. The molecule has 1 saturated heterocycles. The van der Waals surface area contributed by atoms with Crippen molar-refractivity contribution in [2.75, 3.05) is 19.7 Å². The first-order valence-electron chi connectivity index (χ1n) is 7.01. The number of morpholine rings is 1. The van der Waals surface area contributed by atoms with E-state index >= 15 is 0 Å². The van der Waals surface area contributed by atoms with E-state index in [9.17, 15) is 4.79 Å². The summed E-state index contributed by atoms with van der Waals surface area (Å²) in [6.45, 7) is 5.96. The lowest BCUT2D eigenvalue weighted by atomic mass is 10.1. The van der Waals surface area contributed by atoms with Crippen molar-refractivity contribution in [3.63, 3.8) is 0 Å². The van der Waals surface area contributed by atoms with Crippen molar-refractivity contribution in [3.05, 3.63) is 36.1 Å². The van der Waals surface area contributed by atoms with Crippen LogP contribution in [0, 0.1) is 0 Å². The summed E-state index contributed by atoms with van der Waals surface area (Å²) < 4.78 is 11.2. The minimum absolute atomic E-state index is 0.0298. The minimum atomic E-state index is 0.0298. The molecule has 1 aliphatic heterocycles. The molecule has 106 valence electrons. The highest BCUT2D eigenvalue weighted by molar-refractivity contribution is 5.98. The van der Waals surface area contributed by atoms with E-state index in [0.717, 1.165) is 17.5 Å². The summed E-state index contributed by atoms with van der Waals surface area (Å²) in [5.41, 5.74) is 0.763. The third kappa shape index (κ3) is 2.62. The van der Waals surface area contributed by atoms with Gasteiger partial charge in [0.25, 0.3) is 0 Å². The molecule has 4 nitrogen and oxygen atoms in total. The van der Waals surface area contributed by atoms with Gasteiger partial charge in [0.2, 0.25) is 5.78 Å². The summed E-state index contributed by atoms with van der Waals surface area (Å²) in [4.78, 5) is 14.5. The Morgan fingerprint density at radius 1 is 1.35 bits per heavy atom. The van der Waals surface area contributed by atoms with Gasteiger partial charge in [-0.2, -0.15) is 0 Å². The molecule has 2 unspecified atom stereocenters. The molecule has 2 aromatic rings. The van der Waals surface area contributed by atoms with Crippen molar-refractivity contribution in [2.45, 2.75) is 26.0 Å². The molecule has 1 aliphatic rings. The molecule has 20 heavy (non-hydrogen) atoms. The Balaban J connectivity index is 1.75. The number of benzene rings is 1. The van der Waals surface area contributed by atoms with Crippen molar-refractivity contribution < 1.29 is 13.9 Å².